The van der Waals surface area contributed by atoms with Crippen molar-refractivity contribution in [3.05, 3.63) is 58.6 Å². The molecule has 2 aromatic rings. The molecule has 128 valence electrons. The van der Waals surface area contributed by atoms with E-state index in [9.17, 15) is 13.2 Å². The van der Waals surface area contributed by atoms with E-state index in [1.54, 1.807) is 36.4 Å². The Morgan fingerprint density at radius 2 is 1.88 bits per heavy atom. The molecule has 0 bridgehead atoms. The smallest absolute Gasteiger partial charge is 0.245 e. The van der Waals surface area contributed by atoms with Crippen LogP contribution < -0.4 is 9.62 Å². The number of hydrogen-bond acceptors (Lipinski definition) is 3. The van der Waals surface area contributed by atoms with E-state index in [0.717, 1.165) is 21.7 Å². The molecule has 0 saturated carbocycles. The molecule has 0 unspecified atom stereocenters. The third kappa shape index (κ3) is 4.72. The molecular weight excluding hydrogens is 348 g/mol. The molecule has 0 aliphatic carbocycles. The summed E-state index contributed by atoms with van der Waals surface area (Å²) in [7, 11) is -3.59. The second kappa shape index (κ2) is 7.23. The highest BCUT2D eigenvalue weighted by atomic mass is 35.5. The fourth-order valence-corrected chi connectivity index (χ4v) is 3.21. The molecule has 7 heteroatoms. The number of sulfonamides is 1. The molecule has 0 radical (unpaired) electrons. The van der Waals surface area contributed by atoms with Gasteiger partial charge in [0.2, 0.25) is 15.9 Å². The highest BCUT2D eigenvalue weighted by Crippen LogP contribution is 2.21. The van der Waals surface area contributed by atoms with Crippen LogP contribution in [-0.2, 0) is 14.8 Å². The van der Waals surface area contributed by atoms with Crippen molar-refractivity contribution in [3.63, 3.8) is 0 Å². The van der Waals surface area contributed by atoms with Crippen molar-refractivity contribution < 1.29 is 13.2 Å². The van der Waals surface area contributed by atoms with Crippen LogP contribution in [0.15, 0.2) is 42.5 Å². The third-order valence-corrected chi connectivity index (χ3v) is 4.98. The Morgan fingerprint density at radius 1 is 1.17 bits per heavy atom. The number of carbonyl (C=O) groups excluding carboxylic acids is 1. The van der Waals surface area contributed by atoms with Crippen molar-refractivity contribution in [2.45, 2.75) is 13.8 Å². The van der Waals surface area contributed by atoms with Crippen LogP contribution in [0.2, 0.25) is 5.02 Å². The number of carbonyl (C=O) groups is 1. The predicted octanol–water partition coefficient (Wildman–Crippen LogP) is 3.36. The fraction of sp³-hybridized carbons (Fsp3) is 0.235. The van der Waals surface area contributed by atoms with E-state index in [4.69, 9.17) is 11.6 Å². The van der Waals surface area contributed by atoms with Gasteiger partial charge in [-0.1, -0.05) is 29.8 Å². The van der Waals surface area contributed by atoms with Crippen molar-refractivity contribution in [3.8, 4) is 0 Å². The van der Waals surface area contributed by atoms with Crippen LogP contribution >= 0.6 is 11.6 Å². The number of benzene rings is 2. The third-order valence-electron chi connectivity index (χ3n) is 3.43. The van der Waals surface area contributed by atoms with Crippen LogP contribution in [0.1, 0.15) is 11.1 Å². The zero-order chi connectivity index (χ0) is 17.9. The molecule has 0 aliphatic heterocycles. The largest absolute Gasteiger partial charge is 0.324 e. The highest BCUT2D eigenvalue weighted by molar-refractivity contribution is 7.92. The van der Waals surface area contributed by atoms with Crippen molar-refractivity contribution in [1.82, 2.24) is 0 Å². The first-order valence-electron chi connectivity index (χ1n) is 7.27. The lowest BCUT2D eigenvalue weighted by atomic mass is 10.2. The maximum absolute atomic E-state index is 12.3. The maximum atomic E-state index is 12.3. The van der Waals surface area contributed by atoms with Crippen molar-refractivity contribution >= 4 is 38.9 Å². The van der Waals surface area contributed by atoms with Crippen LogP contribution in [0, 0.1) is 13.8 Å². The highest BCUT2D eigenvalue weighted by Gasteiger charge is 2.21. The van der Waals surface area contributed by atoms with Gasteiger partial charge >= 0.3 is 0 Å². The van der Waals surface area contributed by atoms with Gasteiger partial charge in [-0.3, -0.25) is 9.10 Å². The Morgan fingerprint density at radius 3 is 2.46 bits per heavy atom. The lowest BCUT2D eigenvalue weighted by Crippen LogP contribution is -2.37. The first-order valence-corrected chi connectivity index (χ1v) is 9.50. The van der Waals surface area contributed by atoms with Gasteiger partial charge in [-0.25, -0.2) is 8.42 Å². The van der Waals surface area contributed by atoms with Gasteiger partial charge < -0.3 is 5.32 Å². The number of rotatable bonds is 5. The van der Waals surface area contributed by atoms with Gasteiger partial charge in [0.1, 0.15) is 6.54 Å². The normalized spacial score (nSPS) is 11.2. The van der Waals surface area contributed by atoms with E-state index in [2.05, 4.69) is 5.32 Å². The number of hydrogen-bond donors (Lipinski definition) is 1. The van der Waals surface area contributed by atoms with E-state index in [0.29, 0.717) is 16.4 Å². The number of amides is 1. The van der Waals surface area contributed by atoms with Gasteiger partial charge in [0.15, 0.2) is 0 Å². The van der Waals surface area contributed by atoms with Gasteiger partial charge in [0.05, 0.1) is 11.9 Å². The number of nitrogens with one attached hydrogen (secondary N) is 1. The van der Waals surface area contributed by atoms with Gasteiger partial charge in [-0.05, 0) is 49.2 Å². The quantitative estimate of drug-likeness (QED) is 0.882. The molecule has 0 fully saturated rings. The Balaban J connectivity index is 2.20. The van der Waals surface area contributed by atoms with Gasteiger partial charge in [0, 0.05) is 10.7 Å². The molecule has 0 spiro atoms. The first-order chi connectivity index (χ1) is 11.2. The molecule has 0 atom stereocenters. The molecule has 2 aromatic carbocycles. The van der Waals surface area contributed by atoms with Crippen LogP contribution in [0.3, 0.4) is 0 Å². The van der Waals surface area contributed by atoms with E-state index in [1.165, 1.54) is 0 Å². The minimum atomic E-state index is -3.59. The Bertz CT molecular complexity index is 866. The topological polar surface area (TPSA) is 66.5 Å². The van der Waals surface area contributed by atoms with E-state index in [-0.39, 0.29) is 6.54 Å². The van der Waals surface area contributed by atoms with Crippen molar-refractivity contribution in [2.75, 3.05) is 22.4 Å². The molecule has 0 aromatic heterocycles. The number of nitrogens with zero attached hydrogens (tertiary/aromatic N) is 1. The van der Waals surface area contributed by atoms with E-state index >= 15 is 0 Å². The summed E-state index contributed by atoms with van der Waals surface area (Å²) >= 11 is 6.03. The lowest BCUT2D eigenvalue weighted by Gasteiger charge is -2.22. The molecule has 5 nitrogen and oxygen atoms in total. The summed E-state index contributed by atoms with van der Waals surface area (Å²) in [6.07, 6.45) is 1.07. The summed E-state index contributed by atoms with van der Waals surface area (Å²) in [4.78, 5) is 12.3. The number of halogens is 1. The fourth-order valence-electron chi connectivity index (χ4n) is 2.18. The molecule has 1 N–H and O–H groups in total. The zero-order valence-electron chi connectivity index (χ0n) is 13.7. The van der Waals surface area contributed by atoms with Gasteiger partial charge in [-0.15, -0.1) is 0 Å². The minimum absolute atomic E-state index is 0.312. The lowest BCUT2D eigenvalue weighted by molar-refractivity contribution is -0.114. The second-order valence-electron chi connectivity index (χ2n) is 5.62. The average Bonchev–Trinajstić information content (AvgIpc) is 2.47. The summed E-state index contributed by atoms with van der Waals surface area (Å²) in [6.45, 7) is 3.41. The monoisotopic (exact) mass is 366 g/mol. The predicted molar refractivity (Wildman–Crippen MR) is 98.2 cm³/mol. The zero-order valence-corrected chi connectivity index (χ0v) is 15.3. The van der Waals surface area contributed by atoms with E-state index in [1.807, 2.05) is 19.9 Å². The summed E-state index contributed by atoms with van der Waals surface area (Å²) in [5.74, 6) is -0.443. The van der Waals surface area contributed by atoms with Crippen LogP contribution in [0.25, 0.3) is 0 Å². The van der Waals surface area contributed by atoms with Crippen molar-refractivity contribution in [2.24, 2.45) is 0 Å². The molecule has 1 amide bonds. The standard InChI is InChI=1S/C17H19ClN2O3S/c1-12-5-4-6-15(9-12)20(24(3,22)23)11-17(21)19-14-8-7-13(2)16(18)10-14/h4-10H,11H2,1-3H3,(H,19,21). The molecule has 0 saturated heterocycles. The summed E-state index contributed by atoms with van der Waals surface area (Å²) < 4.78 is 25.2. The second-order valence-corrected chi connectivity index (χ2v) is 7.93. The average molecular weight is 367 g/mol. The van der Waals surface area contributed by atoms with Crippen molar-refractivity contribution in [1.29, 1.82) is 0 Å². The molecule has 24 heavy (non-hydrogen) atoms. The van der Waals surface area contributed by atoms with E-state index < -0.39 is 15.9 Å². The molecular formula is C17H19ClN2O3S. The number of aryl methyl sites for hydroxylation is 2. The SMILES string of the molecule is Cc1cccc(N(CC(=O)Nc2ccc(C)c(Cl)c2)S(C)(=O)=O)c1. The number of anilines is 2. The Labute approximate surface area is 147 Å². The summed E-state index contributed by atoms with van der Waals surface area (Å²) in [5.41, 5.74) is 2.78. The van der Waals surface area contributed by atoms with Gasteiger partial charge in [-0.2, -0.15) is 0 Å². The summed E-state index contributed by atoms with van der Waals surface area (Å²) in [6, 6.07) is 12.1. The Hall–Kier alpha value is -2.05. The maximum Gasteiger partial charge on any atom is 0.245 e. The first kappa shape index (κ1) is 18.3. The van der Waals surface area contributed by atoms with Crippen LogP contribution in [0.5, 0.6) is 0 Å². The molecule has 0 aliphatic rings. The molecule has 2 rings (SSSR count). The van der Waals surface area contributed by atoms with Crippen LogP contribution in [-0.4, -0.2) is 27.1 Å². The summed E-state index contributed by atoms with van der Waals surface area (Å²) in [5, 5.41) is 3.20. The Kier molecular flexibility index (Phi) is 5.51. The minimum Gasteiger partial charge on any atom is -0.324 e. The van der Waals surface area contributed by atoms with Crippen LogP contribution in [0.4, 0.5) is 11.4 Å². The van der Waals surface area contributed by atoms with Gasteiger partial charge in [0.25, 0.3) is 0 Å². The molecule has 0 heterocycles.